The van der Waals surface area contributed by atoms with Crippen LogP contribution in [-0.4, -0.2) is 63.7 Å². The number of aryl methyl sites for hydroxylation is 1. The van der Waals surface area contributed by atoms with Gasteiger partial charge in [0.05, 0.1) is 22.3 Å². The van der Waals surface area contributed by atoms with Gasteiger partial charge < -0.3 is 9.80 Å². The van der Waals surface area contributed by atoms with E-state index in [4.69, 9.17) is 10.1 Å². The fourth-order valence-electron chi connectivity index (χ4n) is 4.13. The van der Waals surface area contributed by atoms with Crippen LogP contribution in [0, 0.1) is 5.82 Å². The number of amides is 1. The monoisotopic (exact) mass is 407 g/mol. The van der Waals surface area contributed by atoms with E-state index in [1.54, 1.807) is 16.8 Å². The fourth-order valence-corrected chi connectivity index (χ4v) is 4.13. The molecule has 30 heavy (non-hydrogen) atoms. The van der Waals surface area contributed by atoms with Crippen LogP contribution >= 0.6 is 0 Å². The Morgan fingerprint density at radius 3 is 2.47 bits per heavy atom. The van der Waals surface area contributed by atoms with E-state index in [0.29, 0.717) is 17.1 Å². The highest BCUT2D eigenvalue weighted by molar-refractivity contribution is 6.07. The van der Waals surface area contributed by atoms with Crippen molar-refractivity contribution in [2.45, 2.75) is 32.1 Å². The third-order valence-corrected chi connectivity index (χ3v) is 6.14. The topological polar surface area (TPSA) is 54.3 Å². The Kier molecular flexibility index (Phi) is 4.77. The number of halogens is 1. The molecule has 7 heteroatoms. The van der Waals surface area contributed by atoms with Gasteiger partial charge in [-0.05, 0) is 56.6 Å². The second-order valence-corrected chi connectivity index (χ2v) is 8.36. The van der Waals surface area contributed by atoms with Crippen LogP contribution in [0.3, 0.4) is 0 Å². The van der Waals surface area contributed by atoms with Crippen molar-refractivity contribution in [1.29, 1.82) is 0 Å². The number of piperazine rings is 1. The summed E-state index contributed by atoms with van der Waals surface area (Å²) in [4.78, 5) is 22.6. The third-order valence-electron chi connectivity index (χ3n) is 6.14. The molecule has 1 saturated heterocycles. The molecular weight excluding hydrogens is 381 g/mol. The third kappa shape index (κ3) is 3.37. The van der Waals surface area contributed by atoms with Gasteiger partial charge in [0.15, 0.2) is 5.65 Å². The van der Waals surface area contributed by atoms with Crippen LogP contribution in [0.4, 0.5) is 4.39 Å². The number of hydrogen-bond donors (Lipinski definition) is 0. The lowest BCUT2D eigenvalue weighted by Crippen LogP contribution is -2.47. The lowest BCUT2D eigenvalue weighted by atomic mass is 10.0. The maximum Gasteiger partial charge on any atom is 0.254 e. The van der Waals surface area contributed by atoms with Gasteiger partial charge in [-0.3, -0.25) is 4.79 Å². The highest BCUT2D eigenvalue weighted by Gasteiger charge is 2.33. The highest BCUT2D eigenvalue weighted by atomic mass is 19.1. The molecule has 0 unspecified atom stereocenters. The van der Waals surface area contributed by atoms with Crippen molar-refractivity contribution < 1.29 is 9.18 Å². The summed E-state index contributed by atoms with van der Waals surface area (Å²) < 4.78 is 15.3. The summed E-state index contributed by atoms with van der Waals surface area (Å²) in [6.07, 6.45) is 2.88. The molecule has 1 aliphatic heterocycles. The molecule has 0 atom stereocenters. The number of benzene rings is 1. The van der Waals surface area contributed by atoms with Crippen LogP contribution in [0.25, 0.3) is 16.7 Å². The number of hydrogen-bond acceptors (Lipinski definition) is 4. The van der Waals surface area contributed by atoms with E-state index in [0.717, 1.165) is 67.9 Å². The van der Waals surface area contributed by atoms with E-state index in [1.807, 2.05) is 17.9 Å². The first-order chi connectivity index (χ1) is 14.5. The van der Waals surface area contributed by atoms with Gasteiger partial charge in [0.1, 0.15) is 5.82 Å². The first-order valence-corrected chi connectivity index (χ1v) is 10.7. The molecule has 156 valence electrons. The highest BCUT2D eigenvalue weighted by Crippen LogP contribution is 2.43. The Morgan fingerprint density at radius 1 is 1.13 bits per heavy atom. The summed E-state index contributed by atoms with van der Waals surface area (Å²) >= 11 is 0. The van der Waals surface area contributed by atoms with Crippen LogP contribution in [0.2, 0.25) is 0 Å². The number of carbonyl (C=O) groups is 1. The molecule has 0 spiro atoms. The average Bonchev–Trinajstić information content (AvgIpc) is 3.54. The predicted octanol–water partition coefficient (Wildman–Crippen LogP) is 3.39. The molecule has 1 amide bonds. The van der Waals surface area contributed by atoms with Crippen molar-refractivity contribution in [3.8, 4) is 5.69 Å². The van der Waals surface area contributed by atoms with Gasteiger partial charge in [-0.2, -0.15) is 5.10 Å². The molecule has 2 fully saturated rings. The molecular formula is C23H26FN5O. The smallest absolute Gasteiger partial charge is 0.254 e. The molecule has 1 saturated carbocycles. The summed E-state index contributed by atoms with van der Waals surface area (Å²) in [6, 6.07) is 8.23. The maximum absolute atomic E-state index is 13.6. The number of pyridine rings is 1. The number of aromatic nitrogens is 3. The van der Waals surface area contributed by atoms with Gasteiger partial charge in [0.2, 0.25) is 0 Å². The van der Waals surface area contributed by atoms with Crippen molar-refractivity contribution in [3.05, 3.63) is 53.1 Å². The lowest BCUT2D eigenvalue weighted by Gasteiger charge is -2.32. The Labute approximate surface area is 175 Å². The van der Waals surface area contributed by atoms with Crippen LogP contribution in [-0.2, 0) is 6.42 Å². The molecule has 1 aliphatic carbocycles. The minimum Gasteiger partial charge on any atom is -0.336 e. The SMILES string of the molecule is CCc1cc(C(=O)N2CCN(C)CC2)c2c(C3CC3)nn(-c3ccc(F)cc3)c2n1. The fraction of sp³-hybridized carbons (Fsp3) is 0.435. The largest absolute Gasteiger partial charge is 0.336 e. The standard InChI is InChI=1S/C23H26FN5O/c1-3-17-14-19(23(30)28-12-10-27(2)11-13-28)20-21(15-4-5-15)26-29(22(20)25-17)18-8-6-16(24)7-9-18/h6-9,14-15H,3-5,10-13H2,1-2H3. The van der Waals surface area contributed by atoms with Crippen molar-refractivity contribution >= 4 is 16.9 Å². The van der Waals surface area contributed by atoms with Gasteiger partial charge in [-0.25, -0.2) is 14.1 Å². The molecule has 6 nitrogen and oxygen atoms in total. The van der Waals surface area contributed by atoms with Gasteiger partial charge in [-0.15, -0.1) is 0 Å². The summed E-state index contributed by atoms with van der Waals surface area (Å²) in [5.41, 5.74) is 3.97. The Morgan fingerprint density at radius 2 is 1.83 bits per heavy atom. The molecule has 2 aliphatic rings. The predicted molar refractivity (Wildman–Crippen MR) is 114 cm³/mol. The zero-order valence-corrected chi connectivity index (χ0v) is 17.4. The number of likely N-dealkylation sites (N-methyl/N-ethyl adjacent to an activating group) is 1. The molecule has 2 aromatic heterocycles. The average molecular weight is 407 g/mol. The van der Waals surface area contributed by atoms with E-state index in [1.165, 1.54) is 12.1 Å². The van der Waals surface area contributed by atoms with Crippen molar-refractivity contribution in [2.24, 2.45) is 0 Å². The van der Waals surface area contributed by atoms with Crippen LogP contribution in [0.1, 0.15) is 47.4 Å². The number of fused-ring (bicyclic) bond motifs is 1. The summed E-state index contributed by atoms with van der Waals surface area (Å²) in [5.74, 6) is 0.138. The number of nitrogens with zero attached hydrogens (tertiary/aromatic N) is 5. The minimum absolute atomic E-state index is 0.0609. The minimum atomic E-state index is -0.286. The van der Waals surface area contributed by atoms with E-state index < -0.39 is 0 Å². The Balaban J connectivity index is 1.68. The van der Waals surface area contributed by atoms with Crippen molar-refractivity contribution in [3.63, 3.8) is 0 Å². The van der Waals surface area contributed by atoms with Gasteiger partial charge in [0, 0.05) is 37.8 Å². The number of rotatable bonds is 4. The van der Waals surface area contributed by atoms with Crippen molar-refractivity contribution in [2.75, 3.05) is 33.2 Å². The Bertz CT molecular complexity index is 1090. The van der Waals surface area contributed by atoms with Gasteiger partial charge in [-0.1, -0.05) is 6.92 Å². The maximum atomic E-state index is 13.6. The van der Waals surface area contributed by atoms with E-state index in [-0.39, 0.29) is 11.7 Å². The van der Waals surface area contributed by atoms with Crippen LogP contribution in [0.15, 0.2) is 30.3 Å². The quantitative estimate of drug-likeness (QED) is 0.665. The number of carbonyl (C=O) groups excluding carboxylic acids is 1. The molecule has 0 N–H and O–H groups in total. The van der Waals surface area contributed by atoms with E-state index in [2.05, 4.69) is 11.9 Å². The lowest BCUT2D eigenvalue weighted by molar-refractivity contribution is 0.0666. The molecule has 1 aromatic carbocycles. The zero-order chi connectivity index (χ0) is 20.8. The molecule has 5 rings (SSSR count). The summed E-state index contributed by atoms with van der Waals surface area (Å²) in [7, 11) is 2.08. The summed E-state index contributed by atoms with van der Waals surface area (Å²) in [5, 5.41) is 5.74. The summed E-state index contributed by atoms with van der Waals surface area (Å²) in [6.45, 7) is 5.26. The van der Waals surface area contributed by atoms with Gasteiger partial charge >= 0.3 is 0 Å². The second-order valence-electron chi connectivity index (χ2n) is 8.36. The normalized spacial score (nSPS) is 17.6. The van der Waals surface area contributed by atoms with Crippen molar-refractivity contribution in [1.82, 2.24) is 24.6 Å². The van der Waals surface area contributed by atoms with Crippen LogP contribution < -0.4 is 0 Å². The Hall–Kier alpha value is -2.80. The molecule has 0 bridgehead atoms. The molecule has 0 radical (unpaired) electrons. The zero-order valence-electron chi connectivity index (χ0n) is 17.4. The first-order valence-electron chi connectivity index (χ1n) is 10.7. The second kappa shape index (κ2) is 7.47. The van der Waals surface area contributed by atoms with E-state index >= 15 is 0 Å². The molecule has 3 heterocycles. The molecule has 3 aromatic rings. The van der Waals surface area contributed by atoms with E-state index in [9.17, 15) is 9.18 Å². The van der Waals surface area contributed by atoms with Gasteiger partial charge in [0.25, 0.3) is 5.91 Å². The first kappa shape index (κ1) is 19.2. The van der Waals surface area contributed by atoms with Crippen LogP contribution in [0.5, 0.6) is 0 Å².